The number of rotatable bonds is 5. The van der Waals surface area contributed by atoms with Gasteiger partial charge in [-0.2, -0.15) is 0 Å². The fourth-order valence-corrected chi connectivity index (χ4v) is 2.24. The Hall–Kier alpha value is -2.28. The van der Waals surface area contributed by atoms with Crippen LogP contribution in [0.15, 0.2) is 24.4 Å². The largest absolute Gasteiger partial charge is 0.470 e. The summed E-state index contributed by atoms with van der Waals surface area (Å²) in [7, 11) is 0. The number of carbonyl (C=O) groups is 1. The van der Waals surface area contributed by atoms with E-state index in [9.17, 15) is 13.4 Å². The average Bonchev–Trinajstić information content (AvgIpc) is 2.53. The van der Waals surface area contributed by atoms with Gasteiger partial charge in [-0.05, 0) is 24.1 Å². The molecule has 2 rings (SSSR count). The minimum atomic E-state index is -0.493. The molecule has 7 heteroatoms. The minimum absolute atomic E-state index is 0.0118. The van der Waals surface area contributed by atoms with Crippen molar-refractivity contribution in [3.05, 3.63) is 52.7 Å². The maximum absolute atomic E-state index is 13.4. The van der Waals surface area contributed by atoms with E-state index in [-0.39, 0.29) is 22.8 Å². The zero-order valence-electron chi connectivity index (χ0n) is 12.2. The van der Waals surface area contributed by atoms with Gasteiger partial charge in [-0.25, -0.2) is 14.4 Å². The molecule has 1 aromatic carbocycles. The third-order valence-electron chi connectivity index (χ3n) is 3.29. The van der Waals surface area contributed by atoms with Gasteiger partial charge in [0.1, 0.15) is 11.6 Å². The highest BCUT2D eigenvalue weighted by molar-refractivity contribution is 7.65. The second-order valence-corrected chi connectivity index (χ2v) is 5.65. The molecule has 0 fully saturated rings. The number of hydrogen-bond acceptors (Lipinski definition) is 5. The second kappa shape index (κ2) is 6.65. The lowest BCUT2D eigenvalue weighted by Gasteiger charge is -2.09. The van der Waals surface area contributed by atoms with Crippen LogP contribution in [0.2, 0.25) is 0 Å². The summed E-state index contributed by atoms with van der Waals surface area (Å²) >= 11 is 0.340. The van der Waals surface area contributed by atoms with E-state index in [0.717, 1.165) is 5.56 Å². The summed E-state index contributed by atoms with van der Waals surface area (Å²) in [6, 6.07) is 4.07. The highest BCUT2D eigenvalue weighted by Gasteiger charge is 2.24. The molecule has 2 aromatic rings. The Morgan fingerprint density at radius 1 is 1.41 bits per heavy atom. The first kappa shape index (κ1) is 16.1. The number of hydrogen-bond donors (Lipinski definition) is 1. The van der Waals surface area contributed by atoms with Crippen LogP contribution in [0, 0.1) is 5.82 Å². The standard InChI is InChI=1S/C15H14FN3O2S/c1-3-9-4-5-10(16)6-11(9)13(20)12-7-18-15(8(2)22-21)19-14(12)17/h4-8H,3H2,1-2H3,(H-,17,18,19,20)/p+1. The number of carbonyl (C=O) groups excluding carboxylic acids is 1. The Balaban J connectivity index is 2.46. The first-order valence-corrected chi connectivity index (χ1v) is 7.52. The van der Waals surface area contributed by atoms with Crippen LogP contribution in [-0.2, 0) is 22.3 Å². The quantitative estimate of drug-likeness (QED) is 0.675. The van der Waals surface area contributed by atoms with Crippen molar-refractivity contribution in [3.63, 3.8) is 0 Å². The molecule has 22 heavy (non-hydrogen) atoms. The van der Waals surface area contributed by atoms with E-state index in [1.807, 2.05) is 6.92 Å². The van der Waals surface area contributed by atoms with E-state index >= 15 is 0 Å². The SMILES string of the molecule is CCc1ccc(F)cc1C(=O)c1cnc(C(C)[S+]=O)nc1N. The molecule has 0 aliphatic heterocycles. The van der Waals surface area contributed by atoms with E-state index in [1.54, 1.807) is 13.0 Å². The maximum atomic E-state index is 13.4. The van der Waals surface area contributed by atoms with Crippen molar-refractivity contribution in [3.8, 4) is 0 Å². The zero-order chi connectivity index (χ0) is 16.3. The summed E-state index contributed by atoms with van der Waals surface area (Å²) in [5, 5.41) is -0.466. The number of benzene rings is 1. The number of aryl methyl sites for hydroxylation is 1. The van der Waals surface area contributed by atoms with Crippen LogP contribution in [0.5, 0.6) is 0 Å². The van der Waals surface area contributed by atoms with Crippen molar-refractivity contribution in [2.45, 2.75) is 25.5 Å². The van der Waals surface area contributed by atoms with Crippen LogP contribution < -0.4 is 5.73 Å². The van der Waals surface area contributed by atoms with Crippen molar-refractivity contribution < 1.29 is 13.4 Å². The normalized spacial score (nSPS) is 12.0. The van der Waals surface area contributed by atoms with Gasteiger partial charge in [0.05, 0.1) is 5.56 Å². The number of nitrogens with two attached hydrogens (primary N) is 1. The molecule has 0 spiro atoms. The molecule has 1 atom stereocenters. The summed E-state index contributed by atoms with van der Waals surface area (Å²) in [6.07, 6.45) is 1.88. The van der Waals surface area contributed by atoms with Crippen molar-refractivity contribution in [2.24, 2.45) is 0 Å². The van der Waals surface area contributed by atoms with Crippen molar-refractivity contribution in [2.75, 3.05) is 5.73 Å². The van der Waals surface area contributed by atoms with Crippen molar-refractivity contribution in [1.29, 1.82) is 0 Å². The van der Waals surface area contributed by atoms with Gasteiger partial charge in [-0.15, -0.1) is 0 Å². The van der Waals surface area contributed by atoms with Crippen LogP contribution in [0.4, 0.5) is 10.2 Å². The number of ketones is 1. The molecule has 0 aliphatic rings. The van der Waals surface area contributed by atoms with E-state index in [0.29, 0.717) is 18.1 Å². The molecule has 0 saturated carbocycles. The molecule has 0 radical (unpaired) electrons. The molecule has 0 saturated heterocycles. The topological polar surface area (TPSA) is 85.9 Å². The highest BCUT2D eigenvalue weighted by Crippen LogP contribution is 2.20. The first-order valence-electron chi connectivity index (χ1n) is 6.72. The number of halogens is 1. The lowest BCUT2D eigenvalue weighted by Crippen LogP contribution is -2.13. The van der Waals surface area contributed by atoms with E-state index in [1.165, 1.54) is 18.3 Å². The Labute approximate surface area is 131 Å². The van der Waals surface area contributed by atoms with Crippen LogP contribution in [0.25, 0.3) is 0 Å². The maximum Gasteiger partial charge on any atom is 0.470 e. The molecule has 2 N–H and O–H groups in total. The number of nitrogens with zero attached hydrogens (tertiary/aromatic N) is 2. The Morgan fingerprint density at radius 2 is 2.14 bits per heavy atom. The monoisotopic (exact) mass is 320 g/mol. The molecule has 1 aromatic heterocycles. The number of nitrogen functional groups attached to an aromatic ring is 1. The predicted molar refractivity (Wildman–Crippen MR) is 82.1 cm³/mol. The fraction of sp³-hybridized carbons (Fsp3) is 0.267. The smallest absolute Gasteiger partial charge is 0.383 e. The summed E-state index contributed by atoms with van der Waals surface area (Å²) in [5.41, 5.74) is 6.88. The van der Waals surface area contributed by atoms with Gasteiger partial charge in [-0.3, -0.25) is 4.79 Å². The Kier molecular flexibility index (Phi) is 4.87. The van der Waals surface area contributed by atoms with E-state index in [2.05, 4.69) is 9.97 Å². The van der Waals surface area contributed by atoms with Gasteiger partial charge >= 0.3 is 11.7 Å². The van der Waals surface area contributed by atoms with Crippen LogP contribution in [0.1, 0.15) is 46.4 Å². The number of aromatic nitrogens is 2. The molecule has 1 unspecified atom stereocenters. The fourth-order valence-electron chi connectivity index (χ4n) is 2.04. The van der Waals surface area contributed by atoms with Gasteiger partial charge in [0.25, 0.3) is 5.25 Å². The van der Waals surface area contributed by atoms with Gasteiger partial charge in [0.2, 0.25) is 0 Å². The summed E-state index contributed by atoms with van der Waals surface area (Å²) in [6.45, 7) is 3.52. The van der Waals surface area contributed by atoms with Crippen molar-refractivity contribution >= 4 is 23.3 Å². The number of anilines is 1. The zero-order valence-corrected chi connectivity index (χ0v) is 13.0. The van der Waals surface area contributed by atoms with Crippen LogP contribution in [0.3, 0.4) is 0 Å². The highest BCUT2D eigenvalue weighted by atomic mass is 32.1. The Bertz CT molecular complexity index is 737. The Morgan fingerprint density at radius 3 is 2.73 bits per heavy atom. The third-order valence-corrected chi connectivity index (χ3v) is 3.79. The second-order valence-electron chi connectivity index (χ2n) is 4.75. The van der Waals surface area contributed by atoms with Gasteiger partial charge in [0, 0.05) is 22.9 Å². The minimum Gasteiger partial charge on any atom is -0.383 e. The average molecular weight is 320 g/mol. The molecule has 114 valence electrons. The van der Waals surface area contributed by atoms with Crippen LogP contribution in [-0.4, -0.2) is 15.8 Å². The molecule has 0 amide bonds. The summed E-state index contributed by atoms with van der Waals surface area (Å²) in [5.74, 6) is -0.665. The molecule has 5 nitrogen and oxygen atoms in total. The third kappa shape index (κ3) is 3.14. The van der Waals surface area contributed by atoms with Crippen LogP contribution >= 0.6 is 0 Å². The van der Waals surface area contributed by atoms with Crippen molar-refractivity contribution in [1.82, 2.24) is 9.97 Å². The molecule has 1 heterocycles. The lowest BCUT2D eigenvalue weighted by atomic mass is 9.98. The predicted octanol–water partition coefficient (Wildman–Crippen LogP) is 2.48. The summed E-state index contributed by atoms with van der Waals surface area (Å²) < 4.78 is 24.2. The summed E-state index contributed by atoms with van der Waals surface area (Å²) in [4.78, 5) is 20.6. The molecular formula is C15H15FN3O2S+. The first-order chi connectivity index (χ1) is 10.5. The van der Waals surface area contributed by atoms with Gasteiger partial charge in [-0.1, -0.05) is 13.0 Å². The van der Waals surface area contributed by atoms with Gasteiger partial charge < -0.3 is 5.73 Å². The van der Waals surface area contributed by atoms with E-state index in [4.69, 9.17) is 5.73 Å². The molecular weight excluding hydrogens is 305 g/mol. The lowest BCUT2D eigenvalue weighted by molar-refractivity contribution is 0.103. The van der Waals surface area contributed by atoms with Gasteiger partial charge in [0.15, 0.2) is 11.6 Å². The van der Waals surface area contributed by atoms with E-state index < -0.39 is 16.9 Å². The molecule has 0 aliphatic carbocycles. The molecule has 0 bridgehead atoms.